The van der Waals surface area contributed by atoms with Gasteiger partial charge in [0.2, 0.25) is 0 Å². The van der Waals surface area contributed by atoms with Crippen LogP contribution < -0.4 is 0 Å². The van der Waals surface area contributed by atoms with E-state index in [0.29, 0.717) is 12.5 Å². The number of ether oxygens (including phenoxy) is 2. The second-order valence-corrected chi connectivity index (χ2v) is 7.10. The lowest BCUT2D eigenvalue weighted by atomic mass is 9.79. The summed E-state index contributed by atoms with van der Waals surface area (Å²) in [7, 11) is 0. The van der Waals surface area contributed by atoms with Crippen LogP contribution in [0.25, 0.3) is 0 Å². The molecule has 1 atom stereocenters. The molecule has 4 rings (SSSR count). The Labute approximate surface area is 149 Å². The van der Waals surface area contributed by atoms with Crippen molar-refractivity contribution in [2.45, 2.75) is 31.6 Å². The first-order valence-electron chi connectivity index (χ1n) is 9.06. The number of pyridine rings is 2. The Balaban J connectivity index is 1.22. The van der Waals surface area contributed by atoms with Gasteiger partial charge in [-0.1, -0.05) is 0 Å². The average Bonchev–Trinajstić information content (AvgIpc) is 3.04. The van der Waals surface area contributed by atoms with Crippen LogP contribution in [0.4, 0.5) is 0 Å². The highest BCUT2D eigenvalue weighted by atomic mass is 16.5. The first-order chi connectivity index (χ1) is 12.3. The molecule has 2 aromatic heterocycles. The van der Waals surface area contributed by atoms with E-state index in [1.54, 1.807) is 0 Å². The molecule has 2 aliphatic heterocycles. The molecule has 0 saturated carbocycles. The Hall–Kier alpha value is -1.82. The molecule has 0 radical (unpaired) electrons. The number of rotatable bonds is 7. The van der Waals surface area contributed by atoms with Gasteiger partial charge in [-0.2, -0.15) is 0 Å². The van der Waals surface area contributed by atoms with E-state index in [4.69, 9.17) is 9.47 Å². The van der Waals surface area contributed by atoms with Crippen LogP contribution in [0.15, 0.2) is 49.1 Å². The molecule has 0 aliphatic carbocycles. The van der Waals surface area contributed by atoms with Crippen molar-refractivity contribution in [2.24, 2.45) is 5.92 Å². The summed E-state index contributed by atoms with van der Waals surface area (Å²) in [6.45, 7) is 5.39. The number of aromatic nitrogens is 2. The van der Waals surface area contributed by atoms with Crippen LogP contribution in [0.2, 0.25) is 0 Å². The molecule has 0 amide bonds. The summed E-state index contributed by atoms with van der Waals surface area (Å²) in [4.78, 5) is 10.6. The van der Waals surface area contributed by atoms with Crippen LogP contribution in [0.3, 0.4) is 0 Å². The van der Waals surface area contributed by atoms with Gasteiger partial charge in [0.05, 0.1) is 12.2 Å². The van der Waals surface area contributed by atoms with Gasteiger partial charge in [-0.25, -0.2) is 0 Å². The molecular weight excluding hydrogens is 314 g/mol. The van der Waals surface area contributed by atoms with E-state index >= 15 is 0 Å². The van der Waals surface area contributed by atoms with E-state index in [2.05, 4.69) is 27.0 Å². The molecule has 1 unspecified atom stereocenters. The molecular formula is C20H25N3O2. The molecule has 25 heavy (non-hydrogen) atoms. The zero-order valence-corrected chi connectivity index (χ0v) is 14.5. The Kier molecular flexibility index (Phi) is 5.06. The van der Waals surface area contributed by atoms with Gasteiger partial charge >= 0.3 is 0 Å². The van der Waals surface area contributed by atoms with Gasteiger partial charge in [0, 0.05) is 57.6 Å². The van der Waals surface area contributed by atoms with E-state index in [-0.39, 0.29) is 5.60 Å². The Morgan fingerprint density at radius 2 is 1.72 bits per heavy atom. The molecule has 2 aliphatic rings. The summed E-state index contributed by atoms with van der Waals surface area (Å²) in [5, 5.41) is 0. The molecule has 2 aromatic rings. The Morgan fingerprint density at radius 3 is 2.44 bits per heavy atom. The number of likely N-dealkylation sites (tertiary alicyclic amines) is 1. The zero-order valence-electron chi connectivity index (χ0n) is 14.5. The first kappa shape index (κ1) is 16.6. The van der Waals surface area contributed by atoms with Crippen molar-refractivity contribution in [2.75, 3.05) is 26.3 Å². The molecule has 2 fully saturated rings. The van der Waals surface area contributed by atoms with Crippen molar-refractivity contribution in [3.63, 3.8) is 0 Å². The highest BCUT2D eigenvalue weighted by molar-refractivity contribution is 5.13. The first-order valence-corrected chi connectivity index (χ1v) is 9.06. The van der Waals surface area contributed by atoms with E-state index in [9.17, 15) is 0 Å². The van der Waals surface area contributed by atoms with Gasteiger partial charge < -0.3 is 9.47 Å². The maximum absolute atomic E-state index is 6.15. The molecule has 2 saturated heterocycles. The van der Waals surface area contributed by atoms with Gasteiger partial charge in [-0.15, -0.1) is 0 Å². The van der Waals surface area contributed by atoms with E-state index in [1.807, 2.05) is 36.9 Å². The topological polar surface area (TPSA) is 47.5 Å². The van der Waals surface area contributed by atoms with Crippen molar-refractivity contribution < 1.29 is 9.47 Å². The summed E-state index contributed by atoms with van der Waals surface area (Å²) in [6.07, 6.45) is 9.57. The number of nitrogens with zero attached hydrogens (tertiary/aromatic N) is 3. The predicted molar refractivity (Wildman–Crippen MR) is 94.8 cm³/mol. The van der Waals surface area contributed by atoms with Gasteiger partial charge in [0.25, 0.3) is 0 Å². The van der Waals surface area contributed by atoms with Crippen molar-refractivity contribution in [1.82, 2.24) is 14.9 Å². The SMILES string of the molecule is c1cc(COCCC2CCOC23CN(Cc2ccncc2)C3)ccn1. The fourth-order valence-electron chi connectivity index (χ4n) is 4.01. The standard InChI is InChI=1S/C20H25N3O2/c1-7-21-8-2-17(1)13-23-15-20(16-23)19(6-12-25-20)5-11-24-14-18-3-9-22-10-4-18/h1-4,7-10,19H,5-6,11-16H2. The normalized spacial score (nSPS) is 22.2. The minimum absolute atomic E-state index is 0.0626. The van der Waals surface area contributed by atoms with Crippen LogP contribution in [0.5, 0.6) is 0 Å². The quantitative estimate of drug-likeness (QED) is 0.726. The van der Waals surface area contributed by atoms with Crippen molar-refractivity contribution in [3.05, 3.63) is 60.2 Å². The molecule has 0 bridgehead atoms. The molecule has 5 heteroatoms. The average molecular weight is 339 g/mol. The van der Waals surface area contributed by atoms with E-state index in [0.717, 1.165) is 45.7 Å². The third kappa shape index (κ3) is 3.89. The largest absolute Gasteiger partial charge is 0.377 e. The van der Waals surface area contributed by atoms with Crippen LogP contribution in [-0.2, 0) is 22.6 Å². The predicted octanol–water partition coefficient (Wildman–Crippen LogP) is 2.67. The second kappa shape index (κ2) is 7.60. The van der Waals surface area contributed by atoms with Crippen LogP contribution in [0.1, 0.15) is 24.0 Å². The van der Waals surface area contributed by atoms with E-state index in [1.165, 1.54) is 11.1 Å². The van der Waals surface area contributed by atoms with Crippen molar-refractivity contribution in [1.29, 1.82) is 0 Å². The maximum Gasteiger partial charge on any atom is 0.0964 e. The third-order valence-electron chi connectivity index (χ3n) is 5.37. The highest BCUT2D eigenvalue weighted by Gasteiger charge is 2.52. The van der Waals surface area contributed by atoms with Crippen LogP contribution in [-0.4, -0.2) is 46.8 Å². The number of hydrogen-bond donors (Lipinski definition) is 0. The summed E-state index contributed by atoms with van der Waals surface area (Å²) in [5.41, 5.74) is 2.56. The fourth-order valence-corrected chi connectivity index (χ4v) is 4.01. The summed E-state index contributed by atoms with van der Waals surface area (Å²) >= 11 is 0. The molecule has 132 valence electrons. The number of hydrogen-bond acceptors (Lipinski definition) is 5. The smallest absolute Gasteiger partial charge is 0.0964 e. The van der Waals surface area contributed by atoms with Crippen LogP contribution in [0, 0.1) is 5.92 Å². The molecule has 4 heterocycles. The lowest BCUT2D eigenvalue weighted by molar-refractivity contribution is -0.139. The molecule has 0 aromatic carbocycles. The van der Waals surface area contributed by atoms with Gasteiger partial charge in [-0.3, -0.25) is 14.9 Å². The summed E-state index contributed by atoms with van der Waals surface area (Å²) < 4.78 is 12.0. The monoisotopic (exact) mass is 339 g/mol. The van der Waals surface area contributed by atoms with Gasteiger partial charge in [0.15, 0.2) is 0 Å². The third-order valence-corrected chi connectivity index (χ3v) is 5.37. The Bertz CT molecular complexity index is 659. The Morgan fingerprint density at radius 1 is 1.04 bits per heavy atom. The lowest BCUT2D eigenvalue weighted by Gasteiger charge is -2.50. The molecule has 1 spiro atoms. The van der Waals surface area contributed by atoms with Gasteiger partial charge in [-0.05, 0) is 54.2 Å². The van der Waals surface area contributed by atoms with E-state index < -0.39 is 0 Å². The summed E-state index contributed by atoms with van der Waals surface area (Å²) in [6, 6.07) is 8.18. The highest BCUT2D eigenvalue weighted by Crippen LogP contribution is 2.42. The van der Waals surface area contributed by atoms with Crippen LogP contribution >= 0.6 is 0 Å². The van der Waals surface area contributed by atoms with Crippen molar-refractivity contribution in [3.8, 4) is 0 Å². The second-order valence-electron chi connectivity index (χ2n) is 7.10. The fraction of sp³-hybridized carbons (Fsp3) is 0.500. The minimum Gasteiger partial charge on any atom is -0.377 e. The maximum atomic E-state index is 6.15. The molecule has 0 N–H and O–H groups in total. The minimum atomic E-state index is 0.0626. The van der Waals surface area contributed by atoms with Crippen molar-refractivity contribution >= 4 is 0 Å². The lowest BCUT2D eigenvalue weighted by Crippen LogP contribution is -2.64. The summed E-state index contributed by atoms with van der Waals surface area (Å²) in [5.74, 6) is 0.610. The molecule has 5 nitrogen and oxygen atoms in total. The zero-order chi connectivity index (χ0) is 17.0. The van der Waals surface area contributed by atoms with Gasteiger partial charge in [0.1, 0.15) is 0 Å².